The molecule has 1 heterocycles. The molecule has 0 aliphatic carbocycles. The number of likely N-dealkylation sites (N-methyl/N-ethyl adjacent to an activating group) is 1. The summed E-state index contributed by atoms with van der Waals surface area (Å²) in [6.45, 7) is 7.80. The van der Waals surface area contributed by atoms with Crippen molar-refractivity contribution in [2.24, 2.45) is 0 Å². The lowest BCUT2D eigenvalue weighted by atomic mass is 10.2. The van der Waals surface area contributed by atoms with E-state index < -0.39 is 3.79 Å². The lowest BCUT2D eigenvalue weighted by molar-refractivity contribution is 0.316. The van der Waals surface area contributed by atoms with Crippen LogP contribution in [0.4, 0.5) is 5.95 Å². The highest BCUT2D eigenvalue weighted by atomic mass is 35.6. The Hall–Kier alpha value is -1.14. The monoisotopic (exact) mass is 387 g/mol. The second kappa shape index (κ2) is 8.81. The Morgan fingerprint density at radius 1 is 1.00 bits per heavy atom. The number of nitrogens with zero attached hydrogens (tertiary/aromatic N) is 4. The molecule has 0 fully saturated rings. The van der Waals surface area contributed by atoms with Gasteiger partial charge >= 0.3 is 0 Å². The normalized spacial score (nSPS) is 11.8. The van der Waals surface area contributed by atoms with Gasteiger partial charge in [-0.1, -0.05) is 79.0 Å². The molecule has 2 rings (SSSR count). The van der Waals surface area contributed by atoms with Crippen LogP contribution < -0.4 is 5.32 Å². The molecule has 0 amide bonds. The maximum atomic E-state index is 5.96. The van der Waals surface area contributed by atoms with E-state index in [2.05, 4.69) is 39.0 Å². The van der Waals surface area contributed by atoms with Gasteiger partial charge in [-0.3, -0.25) is 0 Å². The molecule has 0 saturated heterocycles. The summed E-state index contributed by atoms with van der Waals surface area (Å²) in [4.78, 5) is 15.2. The Morgan fingerprint density at radius 2 is 1.67 bits per heavy atom. The molecule has 5 nitrogen and oxygen atoms in total. The van der Waals surface area contributed by atoms with Crippen LogP contribution in [0.1, 0.15) is 19.7 Å². The quantitative estimate of drug-likeness (QED) is 0.723. The second-order valence-corrected chi connectivity index (χ2v) is 7.40. The number of rotatable bonds is 7. The van der Waals surface area contributed by atoms with Gasteiger partial charge in [-0.05, 0) is 13.1 Å². The van der Waals surface area contributed by atoms with Crippen LogP contribution in [0.15, 0.2) is 30.3 Å². The number of hydrogen-bond acceptors (Lipinski definition) is 5. The Labute approximate surface area is 157 Å². The van der Waals surface area contributed by atoms with E-state index in [-0.39, 0.29) is 5.82 Å². The highest BCUT2D eigenvalue weighted by molar-refractivity contribution is 6.66. The van der Waals surface area contributed by atoms with E-state index in [0.717, 1.165) is 25.2 Å². The zero-order valence-corrected chi connectivity index (χ0v) is 15.9. The number of benzene rings is 1. The SMILES string of the molecule is CCN(CC)CCNc1nc(-c2ccccc2)nc(C(Cl)(Cl)Cl)n1. The fraction of sp³-hybridized carbons (Fsp3) is 0.438. The average molecular weight is 389 g/mol. The summed E-state index contributed by atoms with van der Waals surface area (Å²) in [5.41, 5.74) is 0.835. The van der Waals surface area contributed by atoms with Crippen molar-refractivity contribution in [3.05, 3.63) is 36.2 Å². The summed E-state index contributed by atoms with van der Waals surface area (Å²) in [6, 6.07) is 9.53. The van der Waals surface area contributed by atoms with Crippen molar-refractivity contribution >= 4 is 40.8 Å². The molecule has 0 spiro atoms. The molecule has 0 aliphatic heterocycles. The number of nitrogens with one attached hydrogen (secondary N) is 1. The van der Waals surface area contributed by atoms with Crippen LogP contribution in [0.3, 0.4) is 0 Å². The van der Waals surface area contributed by atoms with Gasteiger partial charge in [-0.25, -0.2) is 4.98 Å². The fourth-order valence-corrected chi connectivity index (χ4v) is 2.42. The Bertz CT molecular complexity index is 642. The van der Waals surface area contributed by atoms with Gasteiger partial charge in [0.05, 0.1) is 0 Å². The minimum Gasteiger partial charge on any atom is -0.353 e. The standard InChI is InChI=1S/C16H20Cl3N5/c1-3-24(4-2)11-10-20-15-22-13(12-8-6-5-7-9-12)21-14(23-15)16(17,18)19/h5-9H,3-4,10-11H2,1-2H3,(H,20,21,22,23). The lowest BCUT2D eigenvalue weighted by Crippen LogP contribution is -2.29. The molecular weight excluding hydrogens is 369 g/mol. The van der Waals surface area contributed by atoms with E-state index >= 15 is 0 Å². The first kappa shape index (κ1) is 19.2. The molecule has 0 bridgehead atoms. The van der Waals surface area contributed by atoms with E-state index in [1.54, 1.807) is 0 Å². The van der Waals surface area contributed by atoms with Crippen molar-refractivity contribution in [1.82, 2.24) is 19.9 Å². The summed E-state index contributed by atoms with van der Waals surface area (Å²) in [6.07, 6.45) is 0. The van der Waals surface area contributed by atoms with Gasteiger partial charge in [0.1, 0.15) is 0 Å². The third-order valence-electron chi connectivity index (χ3n) is 3.53. The highest BCUT2D eigenvalue weighted by Crippen LogP contribution is 2.36. The molecule has 8 heteroatoms. The smallest absolute Gasteiger partial charge is 0.250 e. The van der Waals surface area contributed by atoms with Crippen LogP contribution in [0.2, 0.25) is 0 Å². The largest absolute Gasteiger partial charge is 0.353 e. The van der Waals surface area contributed by atoms with Crippen LogP contribution in [-0.4, -0.2) is 46.0 Å². The topological polar surface area (TPSA) is 53.9 Å². The molecule has 130 valence electrons. The summed E-state index contributed by atoms with van der Waals surface area (Å²) in [5, 5.41) is 3.19. The van der Waals surface area contributed by atoms with Crippen molar-refractivity contribution in [3.8, 4) is 11.4 Å². The predicted molar refractivity (Wildman–Crippen MR) is 101 cm³/mol. The molecule has 0 radical (unpaired) electrons. The summed E-state index contributed by atoms with van der Waals surface area (Å²) >= 11 is 17.9. The van der Waals surface area contributed by atoms with Gasteiger partial charge in [0.2, 0.25) is 9.74 Å². The third-order valence-corrected chi connectivity index (χ3v) is 4.03. The predicted octanol–water partition coefficient (Wildman–Crippen LogP) is 4.12. The number of aromatic nitrogens is 3. The van der Waals surface area contributed by atoms with Crippen molar-refractivity contribution in [1.29, 1.82) is 0 Å². The molecule has 0 unspecified atom stereocenters. The molecule has 24 heavy (non-hydrogen) atoms. The van der Waals surface area contributed by atoms with E-state index in [1.165, 1.54) is 0 Å². The van der Waals surface area contributed by atoms with Crippen LogP contribution in [-0.2, 0) is 3.79 Å². The van der Waals surface area contributed by atoms with Gasteiger partial charge in [-0.2, -0.15) is 9.97 Å². The van der Waals surface area contributed by atoms with Gasteiger partial charge in [0.25, 0.3) is 0 Å². The number of halogens is 3. The first-order valence-electron chi connectivity index (χ1n) is 7.79. The highest BCUT2D eigenvalue weighted by Gasteiger charge is 2.28. The fourth-order valence-electron chi connectivity index (χ4n) is 2.16. The van der Waals surface area contributed by atoms with Crippen molar-refractivity contribution in [2.75, 3.05) is 31.5 Å². The van der Waals surface area contributed by atoms with E-state index in [1.807, 2.05) is 30.3 Å². The average Bonchev–Trinajstić information content (AvgIpc) is 2.58. The van der Waals surface area contributed by atoms with Crippen LogP contribution in [0, 0.1) is 0 Å². The van der Waals surface area contributed by atoms with Crippen LogP contribution in [0.5, 0.6) is 0 Å². The van der Waals surface area contributed by atoms with Gasteiger partial charge in [0.15, 0.2) is 11.6 Å². The van der Waals surface area contributed by atoms with E-state index in [0.29, 0.717) is 18.3 Å². The maximum Gasteiger partial charge on any atom is 0.250 e. The number of anilines is 1. The van der Waals surface area contributed by atoms with Gasteiger partial charge < -0.3 is 10.2 Å². The first-order chi connectivity index (χ1) is 11.4. The number of hydrogen-bond donors (Lipinski definition) is 1. The van der Waals surface area contributed by atoms with Gasteiger partial charge in [0, 0.05) is 18.7 Å². The zero-order valence-electron chi connectivity index (χ0n) is 13.6. The van der Waals surface area contributed by atoms with Crippen molar-refractivity contribution in [2.45, 2.75) is 17.6 Å². The Morgan fingerprint density at radius 3 is 2.25 bits per heavy atom. The minimum absolute atomic E-state index is 0.103. The zero-order chi connectivity index (χ0) is 17.6. The molecular formula is C16H20Cl3N5. The molecule has 1 aromatic carbocycles. The molecule has 0 atom stereocenters. The van der Waals surface area contributed by atoms with Crippen molar-refractivity contribution in [3.63, 3.8) is 0 Å². The Balaban J connectivity index is 2.24. The molecule has 0 saturated carbocycles. The van der Waals surface area contributed by atoms with Crippen LogP contribution >= 0.6 is 34.8 Å². The lowest BCUT2D eigenvalue weighted by Gasteiger charge is -2.18. The number of alkyl halides is 3. The summed E-state index contributed by atoms with van der Waals surface area (Å²) in [5.74, 6) is 0.973. The first-order valence-corrected chi connectivity index (χ1v) is 8.92. The molecule has 0 aliphatic rings. The third kappa shape index (κ3) is 5.45. The molecule has 1 N–H and O–H groups in total. The maximum absolute atomic E-state index is 5.96. The summed E-state index contributed by atoms with van der Waals surface area (Å²) < 4.78 is -1.71. The second-order valence-electron chi connectivity index (χ2n) is 5.12. The van der Waals surface area contributed by atoms with Crippen molar-refractivity contribution < 1.29 is 0 Å². The Kier molecular flexibility index (Phi) is 7.04. The molecule has 2 aromatic rings. The summed E-state index contributed by atoms with van der Waals surface area (Å²) in [7, 11) is 0. The van der Waals surface area contributed by atoms with Crippen LogP contribution in [0.25, 0.3) is 11.4 Å². The van der Waals surface area contributed by atoms with E-state index in [4.69, 9.17) is 34.8 Å². The van der Waals surface area contributed by atoms with E-state index in [9.17, 15) is 0 Å². The van der Waals surface area contributed by atoms with Gasteiger partial charge in [-0.15, -0.1) is 0 Å². The molecule has 1 aromatic heterocycles. The minimum atomic E-state index is -1.71.